The first-order valence-corrected chi connectivity index (χ1v) is 8.51. The van der Waals surface area contributed by atoms with Crippen LogP contribution in [0.2, 0.25) is 15.1 Å². The first kappa shape index (κ1) is 17.9. The third-order valence-electron chi connectivity index (χ3n) is 3.66. The third kappa shape index (κ3) is 3.68. The molecule has 0 aliphatic carbocycles. The van der Waals surface area contributed by atoms with Crippen molar-refractivity contribution in [1.29, 1.82) is 0 Å². The van der Waals surface area contributed by atoms with Crippen LogP contribution in [0.1, 0.15) is 6.92 Å². The highest BCUT2D eigenvalue weighted by Gasteiger charge is 2.30. The molecule has 2 aromatic carbocycles. The van der Waals surface area contributed by atoms with Gasteiger partial charge in [0.2, 0.25) is 5.91 Å². The van der Waals surface area contributed by atoms with E-state index in [0.717, 1.165) is 0 Å². The van der Waals surface area contributed by atoms with E-state index in [0.29, 0.717) is 16.4 Å². The zero-order valence-electron chi connectivity index (χ0n) is 13.1. The summed E-state index contributed by atoms with van der Waals surface area (Å²) in [5.74, 6) is -0.400. The molecular formula is C17H13Cl3N2O3. The summed E-state index contributed by atoms with van der Waals surface area (Å²) in [5, 5.41) is 3.53. The largest absolute Gasteiger partial charge is 0.479 e. The molecule has 2 amide bonds. The number of ether oxygens (including phenoxy) is 1. The zero-order valence-corrected chi connectivity index (χ0v) is 15.3. The Hall–Kier alpha value is -1.95. The number of carbonyl (C=O) groups excluding carboxylic acids is 2. The minimum Gasteiger partial charge on any atom is -0.479 e. The van der Waals surface area contributed by atoms with Gasteiger partial charge < -0.3 is 10.1 Å². The second-order valence-corrected chi connectivity index (χ2v) is 6.67. The first-order valence-electron chi connectivity index (χ1n) is 7.38. The van der Waals surface area contributed by atoms with E-state index in [1.165, 1.54) is 17.0 Å². The molecule has 130 valence electrons. The lowest BCUT2D eigenvalue weighted by Gasteiger charge is -2.31. The lowest BCUT2D eigenvalue weighted by atomic mass is 10.1. The Morgan fingerprint density at radius 2 is 1.84 bits per heavy atom. The van der Waals surface area contributed by atoms with E-state index in [4.69, 9.17) is 39.5 Å². The number of para-hydroxylation sites is 2. The minimum atomic E-state index is -0.881. The molecule has 3 rings (SSSR count). The first-order chi connectivity index (χ1) is 11.9. The average molecular weight is 400 g/mol. The molecule has 0 fully saturated rings. The number of hydrogen-bond acceptors (Lipinski definition) is 3. The lowest BCUT2D eigenvalue weighted by Crippen LogP contribution is -2.47. The Balaban J connectivity index is 1.84. The van der Waals surface area contributed by atoms with E-state index in [1.807, 2.05) is 0 Å². The van der Waals surface area contributed by atoms with Gasteiger partial charge in [-0.2, -0.15) is 0 Å². The van der Waals surface area contributed by atoms with Crippen LogP contribution in [0.5, 0.6) is 5.75 Å². The highest BCUT2D eigenvalue weighted by Crippen LogP contribution is 2.35. The molecule has 1 aliphatic rings. The zero-order chi connectivity index (χ0) is 18.1. The summed E-state index contributed by atoms with van der Waals surface area (Å²) in [4.78, 5) is 26.0. The van der Waals surface area contributed by atoms with Gasteiger partial charge in [0.25, 0.3) is 5.91 Å². The van der Waals surface area contributed by atoms with Crippen LogP contribution in [-0.2, 0) is 9.59 Å². The summed E-state index contributed by atoms with van der Waals surface area (Å²) in [6.45, 7) is 1.49. The number of hydrogen-bond donors (Lipinski definition) is 1. The van der Waals surface area contributed by atoms with Crippen molar-refractivity contribution in [2.24, 2.45) is 0 Å². The SMILES string of the molecule is CC(Oc1cc(Cl)c(Cl)cc1Cl)C(=O)N1CC(=O)Nc2ccccc21. The second kappa shape index (κ2) is 7.12. The molecule has 25 heavy (non-hydrogen) atoms. The van der Waals surface area contributed by atoms with Crippen LogP contribution in [0.3, 0.4) is 0 Å². The molecule has 1 heterocycles. The maximum Gasteiger partial charge on any atom is 0.268 e. The van der Waals surface area contributed by atoms with Crippen molar-refractivity contribution in [3.8, 4) is 5.75 Å². The monoisotopic (exact) mass is 398 g/mol. The summed E-state index contributed by atoms with van der Waals surface area (Å²) in [5.41, 5.74) is 1.19. The molecule has 0 bridgehead atoms. The van der Waals surface area contributed by atoms with Crippen LogP contribution in [0.25, 0.3) is 0 Å². The van der Waals surface area contributed by atoms with Crippen molar-refractivity contribution in [1.82, 2.24) is 0 Å². The molecule has 0 saturated heterocycles. The molecule has 1 N–H and O–H groups in total. The summed E-state index contributed by atoms with van der Waals surface area (Å²) in [7, 11) is 0. The molecule has 5 nitrogen and oxygen atoms in total. The summed E-state index contributed by atoms with van der Waals surface area (Å²) in [6.07, 6.45) is -0.881. The van der Waals surface area contributed by atoms with Crippen molar-refractivity contribution in [2.45, 2.75) is 13.0 Å². The Morgan fingerprint density at radius 3 is 2.60 bits per heavy atom. The number of rotatable bonds is 3. The quantitative estimate of drug-likeness (QED) is 0.778. The summed E-state index contributed by atoms with van der Waals surface area (Å²) >= 11 is 17.9. The van der Waals surface area contributed by atoms with E-state index in [1.54, 1.807) is 31.2 Å². The number of nitrogens with one attached hydrogen (secondary N) is 1. The summed E-state index contributed by atoms with van der Waals surface area (Å²) < 4.78 is 5.65. The number of fused-ring (bicyclic) bond motifs is 1. The Labute approximate surface area is 159 Å². The van der Waals surface area contributed by atoms with E-state index in [9.17, 15) is 9.59 Å². The van der Waals surface area contributed by atoms with E-state index in [-0.39, 0.29) is 34.2 Å². The van der Waals surface area contributed by atoms with Crippen LogP contribution in [-0.4, -0.2) is 24.5 Å². The van der Waals surface area contributed by atoms with Gasteiger partial charge in [0.1, 0.15) is 12.3 Å². The molecule has 1 aliphatic heterocycles. The summed E-state index contributed by atoms with van der Waals surface area (Å²) in [6, 6.07) is 9.95. The molecule has 0 radical (unpaired) electrons. The third-order valence-corrected chi connectivity index (χ3v) is 4.68. The van der Waals surface area contributed by atoms with Gasteiger partial charge in [-0.25, -0.2) is 0 Å². The smallest absolute Gasteiger partial charge is 0.268 e. The Bertz CT molecular complexity index is 857. The molecule has 1 unspecified atom stereocenters. The van der Waals surface area contributed by atoms with Crippen molar-refractivity contribution >= 4 is 58.0 Å². The van der Waals surface area contributed by atoms with E-state index >= 15 is 0 Å². The minimum absolute atomic E-state index is 0.0847. The van der Waals surface area contributed by atoms with Crippen LogP contribution in [0.4, 0.5) is 11.4 Å². The second-order valence-electron chi connectivity index (χ2n) is 5.45. The van der Waals surface area contributed by atoms with Gasteiger partial charge in [0.15, 0.2) is 6.10 Å². The van der Waals surface area contributed by atoms with E-state index in [2.05, 4.69) is 5.32 Å². The van der Waals surface area contributed by atoms with Gasteiger partial charge in [-0.15, -0.1) is 0 Å². The highest BCUT2D eigenvalue weighted by molar-refractivity contribution is 6.43. The number of nitrogens with zero attached hydrogens (tertiary/aromatic N) is 1. The molecule has 2 aromatic rings. The van der Waals surface area contributed by atoms with Gasteiger partial charge in [-0.1, -0.05) is 46.9 Å². The fourth-order valence-electron chi connectivity index (χ4n) is 2.48. The fourth-order valence-corrected chi connectivity index (χ4v) is 3.07. The molecule has 0 aromatic heterocycles. The fraction of sp³-hybridized carbons (Fsp3) is 0.176. The number of anilines is 2. The van der Waals surface area contributed by atoms with Crippen LogP contribution in [0, 0.1) is 0 Å². The number of benzene rings is 2. The predicted octanol–water partition coefficient (Wildman–Crippen LogP) is 4.40. The van der Waals surface area contributed by atoms with Crippen molar-refractivity contribution in [3.63, 3.8) is 0 Å². The molecule has 0 spiro atoms. The van der Waals surface area contributed by atoms with Crippen LogP contribution >= 0.6 is 34.8 Å². The lowest BCUT2D eigenvalue weighted by molar-refractivity contribution is -0.126. The predicted molar refractivity (Wildman–Crippen MR) is 99.0 cm³/mol. The van der Waals surface area contributed by atoms with Gasteiger partial charge in [-0.05, 0) is 25.1 Å². The number of halogens is 3. The van der Waals surface area contributed by atoms with Crippen molar-refractivity contribution in [2.75, 3.05) is 16.8 Å². The Morgan fingerprint density at radius 1 is 1.16 bits per heavy atom. The van der Waals surface area contributed by atoms with Crippen molar-refractivity contribution < 1.29 is 14.3 Å². The maximum atomic E-state index is 12.8. The topological polar surface area (TPSA) is 58.6 Å². The van der Waals surface area contributed by atoms with Gasteiger partial charge >= 0.3 is 0 Å². The number of carbonyl (C=O) groups is 2. The average Bonchev–Trinajstić information content (AvgIpc) is 2.58. The normalized spacial score (nSPS) is 14.6. The van der Waals surface area contributed by atoms with Gasteiger partial charge in [0, 0.05) is 6.07 Å². The van der Waals surface area contributed by atoms with Crippen LogP contribution in [0.15, 0.2) is 36.4 Å². The maximum absolute atomic E-state index is 12.8. The van der Waals surface area contributed by atoms with Gasteiger partial charge in [-0.3, -0.25) is 14.5 Å². The Kier molecular flexibility index (Phi) is 5.08. The number of amides is 2. The highest BCUT2D eigenvalue weighted by atomic mass is 35.5. The van der Waals surface area contributed by atoms with E-state index < -0.39 is 6.10 Å². The van der Waals surface area contributed by atoms with Crippen molar-refractivity contribution in [3.05, 3.63) is 51.5 Å². The molecule has 8 heteroatoms. The molecule has 0 saturated carbocycles. The molecular weight excluding hydrogens is 387 g/mol. The molecule has 1 atom stereocenters. The van der Waals surface area contributed by atoms with Crippen LogP contribution < -0.4 is 15.0 Å². The standard InChI is InChI=1S/C17H13Cl3N2O3/c1-9(25-15-7-11(19)10(18)6-12(15)20)17(24)22-8-16(23)21-13-4-2-3-5-14(13)22/h2-7,9H,8H2,1H3,(H,21,23). The van der Waals surface area contributed by atoms with Gasteiger partial charge in [0.05, 0.1) is 26.4 Å².